The van der Waals surface area contributed by atoms with Crippen LogP contribution >= 0.6 is 0 Å². The number of aliphatic hydroxyl groups is 5. The SMILES string of the molecule is CN[C@@H]1[C@H](O[C@@H](C=O)[C@@](O)(C=O)[C@H](C)O)O[C@@H](CO)[C@H](O)[C@H]1O. The Hall–Kier alpha value is -0.980. The van der Waals surface area contributed by atoms with Gasteiger partial charge in [-0.15, -0.1) is 0 Å². The normalized spacial score (nSPS) is 36.7. The molecule has 0 amide bonds. The first-order valence-electron chi connectivity index (χ1n) is 7.04. The van der Waals surface area contributed by atoms with Gasteiger partial charge >= 0.3 is 0 Å². The molecule has 1 saturated heterocycles. The van der Waals surface area contributed by atoms with Crippen LogP contribution < -0.4 is 5.32 Å². The molecule has 0 saturated carbocycles. The molecule has 10 heteroatoms. The fourth-order valence-corrected chi connectivity index (χ4v) is 2.30. The third-order valence-corrected chi connectivity index (χ3v) is 3.93. The second kappa shape index (κ2) is 8.22. The molecule has 0 aromatic heterocycles. The molecular formula is C13H23NO9. The summed E-state index contributed by atoms with van der Waals surface area (Å²) in [5, 5.41) is 51.2. The lowest BCUT2D eigenvalue weighted by atomic mass is 9.92. The van der Waals surface area contributed by atoms with Gasteiger partial charge in [0.25, 0.3) is 0 Å². The summed E-state index contributed by atoms with van der Waals surface area (Å²) in [5.41, 5.74) is -2.51. The van der Waals surface area contributed by atoms with Gasteiger partial charge in [-0.1, -0.05) is 0 Å². The molecule has 0 radical (unpaired) electrons. The van der Waals surface area contributed by atoms with Gasteiger partial charge < -0.3 is 45.1 Å². The van der Waals surface area contributed by atoms with E-state index in [4.69, 9.17) is 14.6 Å². The topological polar surface area (TPSA) is 166 Å². The van der Waals surface area contributed by atoms with Crippen molar-refractivity contribution in [3.05, 3.63) is 0 Å². The molecule has 0 spiro atoms. The van der Waals surface area contributed by atoms with Gasteiger partial charge in [-0.25, -0.2) is 0 Å². The highest BCUT2D eigenvalue weighted by Crippen LogP contribution is 2.25. The third kappa shape index (κ3) is 3.92. The van der Waals surface area contributed by atoms with Crippen molar-refractivity contribution in [1.82, 2.24) is 5.32 Å². The first kappa shape index (κ1) is 20.1. The second-order valence-electron chi connectivity index (χ2n) is 5.40. The molecule has 0 aromatic carbocycles. The van der Waals surface area contributed by atoms with E-state index in [2.05, 4.69) is 5.32 Å². The average molecular weight is 337 g/mol. The van der Waals surface area contributed by atoms with Crippen molar-refractivity contribution in [2.45, 2.75) is 55.4 Å². The average Bonchev–Trinajstić information content (AvgIpc) is 2.54. The molecular weight excluding hydrogens is 314 g/mol. The van der Waals surface area contributed by atoms with E-state index < -0.39 is 55.1 Å². The van der Waals surface area contributed by atoms with Crippen LogP contribution in [0.25, 0.3) is 0 Å². The number of hydrogen-bond donors (Lipinski definition) is 6. The summed E-state index contributed by atoms with van der Waals surface area (Å²) < 4.78 is 10.5. The summed E-state index contributed by atoms with van der Waals surface area (Å²) in [6, 6.07) is -1.01. The zero-order valence-corrected chi connectivity index (χ0v) is 12.8. The van der Waals surface area contributed by atoms with Gasteiger partial charge in [0.2, 0.25) is 0 Å². The number of carbonyl (C=O) groups is 2. The van der Waals surface area contributed by atoms with Gasteiger partial charge in [0.1, 0.15) is 18.3 Å². The second-order valence-corrected chi connectivity index (χ2v) is 5.40. The van der Waals surface area contributed by atoms with Crippen molar-refractivity contribution in [3.63, 3.8) is 0 Å². The molecule has 8 atom stereocenters. The number of carbonyl (C=O) groups excluding carboxylic acids is 2. The van der Waals surface area contributed by atoms with Crippen molar-refractivity contribution in [2.24, 2.45) is 0 Å². The van der Waals surface area contributed by atoms with Gasteiger partial charge in [0.15, 0.2) is 30.6 Å². The number of nitrogens with one attached hydrogen (secondary N) is 1. The summed E-state index contributed by atoms with van der Waals surface area (Å²) in [4.78, 5) is 22.3. The Balaban J connectivity index is 3.02. The van der Waals surface area contributed by atoms with Crippen LogP contribution in [0.1, 0.15) is 6.92 Å². The minimum absolute atomic E-state index is 0.0251. The molecule has 1 heterocycles. The zero-order chi connectivity index (χ0) is 17.8. The van der Waals surface area contributed by atoms with Crippen molar-refractivity contribution in [2.75, 3.05) is 13.7 Å². The summed E-state index contributed by atoms with van der Waals surface area (Å²) in [5.74, 6) is 0. The largest absolute Gasteiger partial charge is 0.394 e. The highest BCUT2D eigenvalue weighted by molar-refractivity contribution is 5.74. The smallest absolute Gasteiger partial charge is 0.178 e. The minimum atomic E-state index is -2.51. The maximum atomic E-state index is 11.2. The van der Waals surface area contributed by atoms with E-state index in [0.29, 0.717) is 0 Å². The molecule has 1 aliphatic heterocycles. The quantitative estimate of drug-likeness (QED) is 0.240. The van der Waals surface area contributed by atoms with Gasteiger partial charge in [-0.3, -0.25) is 4.79 Å². The van der Waals surface area contributed by atoms with E-state index >= 15 is 0 Å². The standard InChI is InChI=1S/C13H23NO9/c1-6(18)13(21,5-17)8(4-16)23-12-9(14-2)11(20)10(19)7(3-15)22-12/h4-12,14-15,18-21H,3H2,1-2H3/t6-,7-,8-,9-,10-,11-,12-,13+/m0/s1. The van der Waals surface area contributed by atoms with E-state index in [-0.39, 0.29) is 12.6 Å². The highest BCUT2D eigenvalue weighted by atomic mass is 16.7. The van der Waals surface area contributed by atoms with Gasteiger partial charge in [0.05, 0.1) is 18.8 Å². The third-order valence-electron chi connectivity index (χ3n) is 3.93. The van der Waals surface area contributed by atoms with Crippen LogP contribution in [-0.4, -0.2) is 100 Å². The maximum Gasteiger partial charge on any atom is 0.178 e. The summed E-state index contributed by atoms with van der Waals surface area (Å²) in [6.07, 6.45) is -8.70. The predicted octanol–water partition coefficient (Wildman–Crippen LogP) is -4.09. The molecule has 0 aromatic rings. The lowest BCUT2D eigenvalue weighted by Crippen LogP contribution is -2.65. The van der Waals surface area contributed by atoms with Crippen molar-refractivity contribution in [3.8, 4) is 0 Å². The number of hydrogen-bond acceptors (Lipinski definition) is 10. The Morgan fingerprint density at radius 2 is 1.96 bits per heavy atom. The number of aldehydes is 2. The lowest BCUT2D eigenvalue weighted by molar-refractivity contribution is -0.292. The Labute approximate surface area is 132 Å². The van der Waals surface area contributed by atoms with Crippen molar-refractivity contribution < 1.29 is 44.6 Å². The van der Waals surface area contributed by atoms with E-state index in [0.717, 1.165) is 6.92 Å². The molecule has 0 aliphatic carbocycles. The monoisotopic (exact) mass is 337 g/mol. The van der Waals surface area contributed by atoms with Crippen molar-refractivity contribution >= 4 is 12.6 Å². The van der Waals surface area contributed by atoms with E-state index in [9.17, 15) is 30.0 Å². The van der Waals surface area contributed by atoms with Crippen LogP contribution in [-0.2, 0) is 19.1 Å². The maximum absolute atomic E-state index is 11.2. The Bertz CT molecular complexity index is 407. The fourth-order valence-electron chi connectivity index (χ4n) is 2.30. The summed E-state index contributed by atoms with van der Waals surface area (Å²) in [7, 11) is 1.43. The molecule has 0 bridgehead atoms. The van der Waals surface area contributed by atoms with Crippen LogP contribution in [0.4, 0.5) is 0 Å². The van der Waals surface area contributed by atoms with Crippen LogP contribution in [0.5, 0.6) is 0 Å². The summed E-state index contributed by atoms with van der Waals surface area (Å²) in [6.45, 7) is 0.468. The fraction of sp³-hybridized carbons (Fsp3) is 0.846. The summed E-state index contributed by atoms with van der Waals surface area (Å²) >= 11 is 0. The van der Waals surface area contributed by atoms with Gasteiger partial charge in [0, 0.05) is 0 Å². The Morgan fingerprint density at radius 1 is 1.35 bits per heavy atom. The molecule has 1 aliphatic rings. The molecule has 23 heavy (non-hydrogen) atoms. The van der Waals surface area contributed by atoms with Gasteiger partial charge in [-0.2, -0.15) is 0 Å². The van der Waals surface area contributed by atoms with E-state index in [1.807, 2.05) is 0 Å². The van der Waals surface area contributed by atoms with E-state index in [1.165, 1.54) is 7.05 Å². The first-order valence-corrected chi connectivity index (χ1v) is 7.04. The molecule has 1 fully saturated rings. The zero-order valence-electron chi connectivity index (χ0n) is 12.8. The number of likely N-dealkylation sites (N-methyl/N-ethyl adjacent to an activating group) is 1. The minimum Gasteiger partial charge on any atom is -0.394 e. The lowest BCUT2D eigenvalue weighted by Gasteiger charge is -2.43. The number of ether oxygens (including phenoxy) is 2. The molecule has 6 N–H and O–H groups in total. The number of aliphatic hydroxyl groups excluding tert-OH is 4. The molecule has 0 unspecified atom stereocenters. The van der Waals surface area contributed by atoms with Crippen molar-refractivity contribution in [1.29, 1.82) is 0 Å². The van der Waals surface area contributed by atoms with Crippen LogP contribution in [0.2, 0.25) is 0 Å². The van der Waals surface area contributed by atoms with Gasteiger partial charge in [-0.05, 0) is 14.0 Å². The Morgan fingerprint density at radius 3 is 2.35 bits per heavy atom. The number of rotatable bonds is 8. The van der Waals surface area contributed by atoms with Crippen LogP contribution in [0.15, 0.2) is 0 Å². The molecule has 10 nitrogen and oxygen atoms in total. The molecule has 134 valence electrons. The van der Waals surface area contributed by atoms with E-state index in [1.54, 1.807) is 0 Å². The predicted molar refractivity (Wildman–Crippen MR) is 74.2 cm³/mol. The Kier molecular flexibility index (Phi) is 7.17. The highest BCUT2D eigenvalue weighted by Gasteiger charge is 2.49. The van der Waals surface area contributed by atoms with Crippen LogP contribution in [0, 0.1) is 0 Å². The van der Waals surface area contributed by atoms with Crippen LogP contribution in [0.3, 0.4) is 0 Å². The first-order chi connectivity index (χ1) is 10.8. The molecule has 1 rings (SSSR count).